The summed E-state index contributed by atoms with van der Waals surface area (Å²) < 4.78 is 53.0. The van der Waals surface area contributed by atoms with Gasteiger partial charge in [-0.25, -0.2) is 17.6 Å². The normalized spacial score (nSPS) is 14.5. The number of aromatic nitrogens is 1. The van der Waals surface area contributed by atoms with Crippen LogP contribution in [0, 0.1) is 19.7 Å². The SMILES string of the molecule is Cc1nc2cccc(F)c2c(CC(F)C(F)CF)c1C. The smallest absolute Gasteiger partial charge is 0.160 e. The minimum atomic E-state index is -2.19. The van der Waals surface area contributed by atoms with E-state index in [9.17, 15) is 17.6 Å². The Bertz CT molecular complexity index is 627. The van der Waals surface area contributed by atoms with Crippen LogP contribution in [0.2, 0.25) is 0 Å². The number of hydrogen-bond donors (Lipinski definition) is 0. The molecule has 108 valence electrons. The second-order valence-corrected chi connectivity index (χ2v) is 4.83. The molecule has 1 heterocycles. The number of aryl methyl sites for hydroxylation is 1. The van der Waals surface area contributed by atoms with Crippen LogP contribution in [0.5, 0.6) is 0 Å². The van der Waals surface area contributed by atoms with Gasteiger partial charge in [0.1, 0.15) is 18.7 Å². The van der Waals surface area contributed by atoms with Crippen LogP contribution in [0.25, 0.3) is 10.9 Å². The second-order valence-electron chi connectivity index (χ2n) is 4.83. The van der Waals surface area contributed by atoms with Gasteiger partial charge in [0.05, 0.1) is 5.52 Å². The van der Waals surface area contributed by atoms with Crippen LogP contribution in [-0.2, 0) is 6.42 Å². The molecule has 1 nitrogen and oxygen atoms in total. The van der Waals surface area contributed by atoms with E-state index in [0.717, 1.165) is 0 Å². The Kier molecular flexibility index (Phi) is 4.26. The van der Waals surface area contributed by atoms with Crippen LogP contribution >= 0.6 is 0 Å². The van der Waals surface area contributed by atoms with Crippen LogP contribution in [0.3, 0.4) is 0 Å². The summed E-state index contributed by atoms with van der Waals surface area (Å²) in [5.41, 5.74) is 1.98. The molecule has 2 unspecified atom stereocenters. The van der Waals surface area contributed by atoms with Gasteiger partial charge in [-0.05, 0) is 37.1 Å². The maximum absolute atomic E-state index is 14.0. The van der Waals surface area contributed by atoms with Gasteiger partial charge in [0.25, 0.3) is 0 Å². The number of rotatable bonds is 4. The molecule has 0 radical (unpaired) electrons. The number of alkyl halides is 3. The van der Waals surface area contributed by atoms with Crippen molar-refractivity contribution in [2.45, 2.75) is 32.6 Å². The molecule has 2 aromatic rings. The Morgan fingerprint density at radius 1 is 1.15 bits per heavy atom. The lowest BCUT2D eigenvalue weighted by molar-refractivity contribution is 0.137. The lowest BCUT2D eigenvalue weighted by Gasteiger charge is -2.16. The third kappa shape index (κ3) is 2.62. The number of benzene rings is 1. The van der Waals surface area contributed by atoms with Crippen LogP contribution in [0.1, 0.15) is 16.8 Å². The Morgan fingerprint density at radius 2 is 1.85 bits per heavy atom. The van der Waals surface area contributed by atoms with Crippen molar-refractivity contribution in [3.63, 3.8) is 0 Å². The van der Waals surface area contributed by atoms with Gasteiger partial charge >= 0.3 is 0 Å². The molecule has 0 saturated heterocycles. The highest BCUT2D eigenvalue weighted by Crippen LogP contribution is 2.28. The first-order valence-corrected chi connectivity index (χ1v) is 6.34. The van der Waals surface area contributed by atoms with Crippen LogP contribution in [-0.4, -0.2) is 24.0 Å². The van der Waals surface area contributed by atoms with E-state index in [1.54, 1.807) is 19.9 Å². The lowest BCUT2D eigenvalue weighted by Crippen LogP contribution is -2.22. The van der Waals surface area contributed by atoms with E-state index in [1.165, 1.54) is 12.1 Å². The van der Waals surface area contributed by atoms with Crippen molar-refractivity contribution in [1.29, 1.82) is 0 Å². The van der Waals surface area contributed by atoms with E-state index in [2.05, 4.69) is 4.98 Å². The third-order valence-corrected chi connectivity index (χ3v) is 3.52. The number of hydrogen-bond acceptors (Lipinski definition) is 1. The van der Waals surface area contributed by atoms with Gasteiger partial charge in [0, 0.05) is 17.5 Å². The molecule has 0 aliphatic heterocycles. The van der Waals surface area contributed by atoms with Crippen molar-refractivity contribution in [3.8, 4) is 0 Å². The predicted octanol–water partition coefficient (Wildman–Crippen LogP) is 4.18. The lowest BCUT2D eigenvalue weighted by atomic mass is 9.95. The van der Waals surface area contributed by atoms with Gasteiger partial charge in [-0.2, -0.15) is 0 Å². The Morgan fingerprint density at radius 3 is 2.50 bits per heavy atom. The molecule has 0 N–H and O–H groups in total. The molecule has 1 aromatic heterocycles. The van der Waals surface area contributed by atoms with Crippen molar-refractivity contribution in [2.75, 3.05) is 6.67 Å². The maximum atomic E-state index is 14.0. The number of halogens is 4. The van der Waals surface area contributed by atoms with Crippen molar-refractivity contribution < 1.29 is 17.6 Å². The van der Waals surface area contributed by atoms with Crippen LogP contribution in [0.4, 0.5) is 17.6 Å². The summed E-state index contributed by atoms with van der Waals surface area (Å²) in [6.07, 6.45) is -4.55. The molecule has 20 heavy (non-hydrogen) atoms. The monoisotopic (exact) mass is 285 g/mol. The second kappa shape index (κ2) is 5.77. The molecule has 0 bridgehead atoms. The molecule has 0 fully saturated rings. The molecule has 2 atom stereocenters. The van der Waals surface area contributed by atoms with Crippen LogP contribution < -0.4 is 0 Å². The molecular formula is C15H15F4N. The first-order chi connectivity index (χ1) is 9.45. The van der Waals surface area contributed by atoms with Gasteiger partial charge in [-0.1, -0.05) is 6.07 Å². The van der Waals surface area contributed by atoms with Gasteiger partial charge in [-0.15, -0.1) is 0 Å². The topological polar surface area (TPSA) is 12.9 Å². The molecule has 0 aliphatic carbocycles. The molecule has 2 rings (SSSR count). The number of fused-ring (bicyclic) bond motifs is 1. The molecule has 0 amide bonds. The Hall–Kier alpha value is -1.65. The minimum Gasteiger partial charge on any atom is -0.253 e. The zero-order chi connectivity index (χ0) is 14.9. The summed E-state index contributed by atoms with van der Waals surface area (Å²) in [6.45, 7) is 2.02. The molecule has 0 spiro atoms. The Balaban J connectivity index is 2.58. The van der Waals surface area contributed by atoms with Crippen molar-refractivity contribution in [3.05, 3.63) is 40.8 Å². The predicted molar refractivity (Wildman–Crippen MR) is 70.6 cm³/mol. The highest BCUT2D eigenvalue weighted by molar-refractivity contribution is 5.84. The van der Waals surface area contributed by atoms with E-state index in [-0.39, 0.29) is 11.8 Å². The number of pyridine rings is 1. The van der Waals surface area contributed by atoms with E-state index in [0.29, 0.717) is 22.3 Å². The molecule has 1 aromatic carbocycles. The highest BCUT2D eigenvalue weighted by Gasteiger charge is 2.24. The number of nitrogens with zero attached hydrogens (tertiary/aromatic N) is 1. The van der Waals surface area contributed by atoms with Crippen molar-refractivity contribution >= 4 is 10.9 Å². The average molecular weight is 285 g/mol. The van der Waals surface area contributed by atoms with E-state index < -0.39 is 24.8 Å². The molecule has 0 aliphatic rings. The zero-order valence-electron chi connectivity index (χ0n) is 11.3. The van der Waals surface area contributed by atoms with E-state index in [1.807, 2.05) is 0 Å². The molecular weight excluding hydrogens is 270 g/mol. The van der Waals surface area contributed by atoms with Crippen molar-refractivity contribution in [1.82, 2.24) is 4.98 Å². The minimum absolute atomic E-state index is 0.185. The summed E-state index contributed by atoms with van der Waals surface area (Å²) in [6, 6.07) is 4.37. The van der Waals surface area contributed by atoms with Gasteiger partial charge in [0.2, 0.25) is 0 Å². The average Bonchev–Trinajstić information content (AvgIpc) is 2.42. The van der Waals surface area contributed by atoms with Gasteiger partial charge in [0.15, 0.2) is 6.17 Å². The fourth-order valence-corrected chi connectivity index (χ4v) is 2.25. The van der Waals surface area contributed by atoms with Crippen molar-refractivity contribution in [2.24, 2.45) is 0 Å². The summed E-state index contributed by atoms with van der Waals surface area (Å²) in [7, 11) is 0. The first kappa shape index (κ1) is 14.8. The largest absolute Gasteiger partial charge is 0.253 e. The zero-order valence-corrected chi connectivity index (χ0v) is 11.3. The Labute approximate surface area is 114 Å². The van der Waals surface area contributed by atoms with E-state index >= 15 is 0 Å². The fourth-order valence-electron chi connectivity index (χ4n) is 2.25. The first-order valence-electron chi connectivity index (χ1n) is 6.34. The van der Waals surface area contributed by atoms with Gasteiger partial charge < -0.3 is 0 Å². The summed E-state index contributed by atoms with van der Waals surface area (Å²) >= 11 is 0. The molecule has 0 saturated carbocycles. The summed E-state index contributed by atoms with van der Waals surface area (Å²) in [5.74, 6) is -0.532. The quantitative estimate of drug-likeness (QED) is 0.768. The summed E-state index contributed by atoms with van der Waals surface area (Å²) in [4.78, 5) is 4.24. The molecule has 5 heteroatoms. The maximum Gasteiger partial charge on any atom is 0.160 e. The van der Waals surface area contributed by atoms with Crippen LogP contribution in [0.15, 0.2) is 18.2 Å². The van der Waals surface area contributed by atoms with E-state index in [4.69, 9.17) is 0 Å². The fraction of sp³-hybridized carbons (Fsp3) is 0.400. The third-order valence-electron chi connectivity index (χ3n) is 3.52. The van der Waals surface area contributed by atoms with Gasteiger partial charge in [-0.3, -0.25) is 4.98 Å². The standard InChI is InChI=1S/C15H15F4N/c1-8-9(2)20-14-5-3-4-11(17)15(14)10(8)6-12(18)13(19)7-16/h3-5,12-13H,6-7H2,1-2H3. The highest BCUT2D eigenvalue weighted by atomic mass is 19.2. The summed E-state index contributed by atoms with van der Waals surface area (Å²) in [5, 5.41) is 0.185.